The molecule has 0 aromatic heterocycles. The second kappa shape index (κ2) is 20.5. The fourth-order valence-electron chi connectivity index (χ4n) is 9.98. The van der Waals surface area contributed by atoms with Crippen LogP contribution in [0.4, 0.5) is 0 Å². The minimum atomic E-state index is -0.777. The van der Waals surface area contributed by atoms with E-state index in [4.69, 9.17) is 0 Å². The van der Waals surface area contributed by atoms with Crippen molar-refractivity contribution in [2.75, 3.05) is 0 Å². The van der Waals surface area contributed by atoms with Crippen LogP contribution >= 0.6 is 0 Å². The molecule has 4 N–H and O–H groups in total. The molecule has 0 bridgehead atoms. The maximum atomic E-state index is 13.0. The van der Waals surface area contributed by atoms with E-state index in [1.165, 1.54) is 55.6 Å². The zero-order valence-electron chi connectivity index (χ0n) is 38.7. The molecule has 2 atom stereocenters. The maximum Gasteiger partial charge on any atom is 0.309 e. The van der Waals surface area contributed by atoms with Crippen LogP contribution in [0.5, 0.6) is 0 Å². The summed E-state index contributed by atoms with van der Waals surface area (Å²) in [4.78, 5) is 48.1. The summed E-state index contributed by atoms with van der Waals surface area (Å²) in [6.45, 7) is 18.1. The van der Waals surface area contributed by atoms with Gasteiger partial charge < -0.3 is 20.4 Å². The normalized spacial score (nSPS) is 18.4. The van der Waals surface area contributed by atoms with Crippen LogP contribution in [0.1, 0.15) is 192 Å². The zero-order valence-corrected chi connectivity index (χ0v) is 38.7. The van der Waals surface area contributed by atoms with E-state index in [-0.39, 0.29) is 5.92 Å². The molecular weight excluding hydrogens is 753 g/mol. The molecule has 2 aliphatic carbocycles. The van der Waals surface area contributed by atoms with E-state index in [1.807, 2.05) is 0 Å². The van der Waals surface area contributed by atoms with Crippen molar-refractivity contribution >= 4 is 23.9 Å². The van der Waals surface area contributed by atoms with E-state index in [1.54, 1.807) is 27.7 Å². The van der Waals surface area contributed by atoms with Crippen LogP contribution in [-0.2, 0) is 51.3 Å². The van der Waals surface area contributed by atoms with Crippen molar-refractivity contribution in [3.8, 4) is 0 Å². The van der Waals surface area contributed by atoms with Gasteiger partial charge in [0, 0.05) is 0 Å². The molecule has 4 rings (SSSR count). The number of aryl methyl sites for hydroxylation is 3. The molecule has 0 heterocycles. The summed E-state index contributed by atoms with van der Waals surface area (Å²) in [7, 11) is 0. The molecule has 2 fully saturated rings. The third kappa shape index (κ3) is 12.2. The van der Waals surface area contributed by atoms with Gasteiger partial charge in [-0.05, 0) is 227 Å². The van der Waals surface area contributed by atoms with E-state index in [2.05, 4.69) is 46.8 Å². The van der Waals surface area contributed by atoms with Gasteiger partial charge in [-0.25, -0.2) is 0 Å². The van der Waals surface area contributed by atoms with Crippen LogP contribution in [-0.4, -0.2) is 44.3 Å². The Kier molecular flexibility index (Phi) is 16.7. The van der Waals surface area contributed by atoms with Gasteiger partial charge in [0.1, 0.15) is 0 Å². The first kappa shape index (κ1) is 49.0. The zero-order chi connectivity index (χ0) is 44.6. The molecule has 2 unspecified atom stereocenters. The number of hydrogen-bond donors (Lipinski definition) is 4. The lowest BCUT2D eigenvalue weighted by Crippen LogP contribution is -2.23. The molecule has 0 aliphatic heterocycles. The Bertz CT molecular complexity index is 1860. The number of rotatable bonds is 28. The molecule has 60 heavy (non-hydrogen) atoms. The van der Waals surface area contributed by atoms with E-state index in [0.717, 1.165) is 116 Å². The fraction of sp³-hybridized carbons (Fsp3) is 0.692. The molecule has 334 valence electrons. The van der Waals surface area contributed by atoms with Crippen molar-refractivity contribution in [3.63, 3.8) is 0 Å². The van der Waals surface area contributed by atoms with Crippen LogP contribution < -0.4 is 0 Å². The Labute approximate surface area is 361 Å². The van der Waals surface area contributed by atoms with Crippen molar-refractivity contribution in [2.45, 2.75) is 204 Å². The highest BCUT2D eigenvalue weighted by molar-refractivity contribution is 5.79. The van der Waals surface area contributed by atoms with Gasteiger partial charge in [0.2, 0.25) is 0 Å². The average Bonchev–Trinajstić information content (AvgIpc) is 4.10. The maximum absolute atomic E-state index is 13.0. The largest absolute Gasteiger partial charge is 0.481 e. The van der Waals surface area contributed by atoms with Gasteiger partial charge in [-0.15, -0.1) is 0 Å². The lowest BCUT2D eigenvalue weighted by molar-refractivity contribution is -0.148. The standard InChI is InChI=1S/C52H78O8/c1-34-30-36(3)41(42(37(34)4)22-14-18-24-49(6,7)45(53)54)20-12-11-17-27-52(48(59)60)33-40(52)32-39-31-35(2)38(5)43(21-13-10-16-26-51(28-29-51)47(57)58)44(39)23-15-19-25-50(8,9)46(55)56/h30-31,40H,10-29,32-33H2,1-9H3,(H,53,54)(H,55,56)(H,57,58)(H,59,60). The van der Waals surface area contributed by atoms with Crippen molar-refractivity contribution in [2.24, 2.45) is 27.6 Å². The minimum absolute atomic E-state index is 0.0834. The molecular formula is C52H78O8. The van der Waals surface area contributed by atoms with Gasteiger partial charge in [0.15, 0.2) is 0 Å². The second-order valence-electron chi connectivity index (χ2n) is 20.6. The monoisotopic (exact) mass is 831 g/mol. The van der Waals surface area contributed by atoms with Crippen molar-refractivity contribution in [1.29, 1.82) is 0 Å². The predicted octanol–water partition coefficient (Wildman–Crippen LogP) is 12.3. The molecule has 0 amide bonds. The van der Waals surface area contributed by atoms with E-state index < -0.39 is 45.5 Å². The first-order chi connectivity index (χ1) is 28.1. The summed E-state index contributed by atoms with van der Waals surface area (Å²) in [6, 6.07) is 4.57. The van der Waals surface area contributed by atoms with Crippen molar-refractivity contribution in [1.82, 2.24) is 0 Å². The van der Waals surface area contributed by atoms with E-state index in [9.17, 15) is 39.6 Å². The lowest BCUT2D eigenvalue weighted by Gasteiger charge is -2.22. The summed E-state index contributed by atoms with van der Waals surface area (Å²) < 4.78 is 0. The highest BCUT2D eigenvalue weighted by atomic mass is 16.4. The first-order valence-corrected chi connectivity index (χ1v) is 23.2. The second-order valence-corrected chi connectivity index (χ2v) is 20.6. The van der Waals surface area contributed by atoms with Crippen LogP contribution in [0.25, 0.3) is 0 Å². The summed E-state index contributed by atoms with van der Waals surface area (Å²) in [5.74, 6) is -2.77. The molecule has 2 aliphatic rings. The quantitative estimate of drug-likeness (QED) is 0.0619. The third-order valence-corrected chi connectivity index (χ3v) is 15.2. The molecule has 8 nitrogen and oxygen atoms in total. The Morgan fingerprint density at radius 2 is 1.00 bits per heavy atom. The smallest absolute Gasteiger partial charge is 0.309 e. The minimum Gasteiger partial charge on any atom is -0.481 e. The molecule has 0 radical (unpaired) electrons. The Morgan fingerprint density at radius 3 is 1.48 bits per heavy atom. The number of benzene rings is 2. The van der Waals surface area contributed by atoms with Gasteiger partial charge >= 0.3 is 23.9 Å². The average molecular weight is 831 g/mol. The third-order valence-electron chi connectivity index (χ3n) is 15.2. The fourth-order valence-corrected chi connectivity index (χ4v) is 9.98. The highest BCUT2D eigenvalue weighted by Crippen LogP contribution is 2.58. The number of aliphatic carboxylic acids is 4. The number of carboxylic acids is 4. The first-order valence-electron chi connectivity index (χ1n) is 23.2. The SMILES string of the molecule is Cc1cc(C)c(CCCCCC2(C(=O)O)CC2Cc2cc(C)c(C)c(CCCCCC3(C(=O)O)CC3)c2CCCCC(C)(C)C(=O)O)c(CCCCC(C)(C)C(=O)O)c1C. The predicted molar refractivity (Wildman–Crippen MR) is 240 cm³/mol. The van der Waals surface area contributed by atoms with Crippen LogP contribution in [0.2, 0.25) is 0 Å². The summed E-state index contributed by atoms with van der Waals surface area (Å²) >= 11 is 0. The molecule has 0 saturated heterocycles. The van der Waals surface area contributed by atoms with Crippen molar-refractivity contribution < 1.29 is 39.6 Å². The molecule has 8 heteroatoms. The number of hydrogen-bond acceptors (Lipinski definition) is 4. The Balaban J connectivity index is 1.41. The molecule has 2 aromatic carbocycles. The van der Waals surface area contributed by atoms with Gasteiger partial charge in [-0.1, -0.05) is 50.7 Å². The number of carbonyl (C=O) groups is 4. The summed E-state index contributed by atoms with van der Waals surface area (Å²) in [6.07, 6.45) is 18.6. The number of unbranched alkanes of at least 4 members (excludes halogenated alkanes) is 6. The topological polar surface area (TPSA) is 149 Å². The van der Waals surface area contributed by atoms with E-state index in [0.29, 0.717) is 25.7 Å². The summed E-state index contributed by atoms with van der Waals surface area (Å²) in [5.41, 5.74) is 10.5. The molecule has 2 aromatic rings. The Morgan fingerprint density at radius 1 is 0.550 bits per heavy atom. The molecule has 2 saturated carbocycles. The van der Waals surface area contributed by atoms with Crippen LogP contribution in [0, 0.1) is 62.2 Å². The molecule has 0 spiro atoms. The van der Waals surface area contributed by atoms with E-state index >= 15 is 0 Å². The lowest BCUT2D eigenvalue weighted by atomic mass is 9.82. The van der Waals surface area contributed by atoms with Gasteiger partial charge in [-0.2, -0.15) is 0 Å². The van der Waals surface area contributed by atoms with Crippen LogP contribution in [0.15, 0.2) is 12.1 Å². The van der Waals surface area contributed by atoms with Crippen molar-refractivity contribution in [3.05, 3.63) is 67.8 Å². The highest BCUT2D eigenvalue weighted by Gasteiger charge is 2.59. The van der Waals surface area contributed by atoms with Gasteiger partial charge in [0.25, 0.3) is 0 Å². The van der Waals surface area contributed by atoms with Gasteiger partial charge in [-0.3, -0.25) is 19.2 Å². The number of carboxylic acid groups (broad SMARTS) is 4. The van der Waals surface area contributed by atoms with Gasteiger partial charge in [0.05, 0.1) is 21.7 Å². The Hall–Kier alpha value is -3.68. The van der Waals surface area contributed by atoms with Crippen LogP contribution in [0.3, 0.4) is 0 Å². The summed E-state index contributed by atoms with van der Waals surface area (Å²) in [5, 5.41) is 39.5.